The van der Waals surface area contributed by atoms with Gasteiger partial charge >= 0.3 is 6.03 Å². The second kappa shape index (κ2) is 8.07. The second-order valence-electron chi connectivity index (χ2n) is 4.16. The normalized spacial score (nSPS) is 11.2. The van der Waals surface area contributed by atoms with E-state index in [1.807, 2.05) is 26.0 Å². The minimum absolute atomic E-state index is 0.419. The summed E-state index contributed by atoms with van der Waals surface area (Å²) in [4.78, 5) is 19.4. The van der Waals surface area contributed by atoms with Gasteiger partial charge in [-0.1, -0.05) is 13.0 Å². The van der Waals surface area contributed by atoms with E-state index in [4.69, 9.17) is 5.73 Å². The quantitative estimate of drug-likeness (QED) is 0.545. The molecule has 0 spiro atoms. The van der Waals surface area contributed by atoms with E-state index in [-0.39, 0.29) is 0 Å². The molecule has 0 unspecified atom stereocenters. The van der Waals surface area contributed by atoms with Gasteiger partial charge in [0.15, 0.2) is 5.96 Å². The van der Waals surface area contributed by atoms with E-state index in [0.717, 1.165) is 24.1 Å². The molecule has 1 heterocycles. The van der Waals surface area contributed by atoms with Gasteiger partial charge in [-0.2, -0.15) is 0 Å². The van der Waals surface area contributed by atoms with Crippen LogP contribution in [0.1, 0.15) is 24.6 Å². The van der Waals surface area contributed by atoms with Crippen LogP contribution in [0.3, 0.4) is 0 Å². The number of aryl methyl sites for hydroxylation is 1. The van der Waals surface area contributed by atoms with Crippen LogP contribution in [0.2, 0.25) is 0 Å². The number of hydrogen-bond acceptors (Lipinski definition) is 3. The van der Waals surface area contributed by atoms with Crippen molar-refractivity contribution in [2.45, 2.75) is 26.7 Å². The number of carbonyl (C=O) groups is 1. The summed E-state index contributed by atoms with van der Waals surface area (Å²) in [6.45, 7) is 5.32. The molecule has 0 atom stereocenters. The fraction of sp³-hybridized carbons (Fsp3) is 0.462. The minimum Gasteiger partial charge on any atom is -0.356 e. The van der Waals surface area contributed by atoms with E-state index in [1.54, 1.807) is 6.20 Å². The molecule has 4 N–H and O–H groups in total. The Labute approximate surface area is 113 Å². The number of amides is 2. The van der Waals surface area contributed by atoms with Gasteiger partial charge in [-0.3, -0.25) is 15.3 Å². The van der Waals surface area contributed by atoms with E-state index in [0.29, 0.717) is 19.0 Å². The van der Waals surface area contributed by atoms with Crippen LogP contribution < -0.4 is 16.4 Å². The van der Waals surface area contributed by atoms with Gasteiger partial charge in [-0.25, -0.2) is 4.79 Å². The summed E-state index contributed by atoms with van der Waals surface area (Å²) >= 11 is 0. The maximum atomic E-state index is 10.8. The summed E-state index contributed by atoms with van der Waals surface area (Å²) < 4.78 is 0. The molecule has 0 saturated heterocycles. The highest BCUT2D eigenvalue weighted by molar-refractivity contribution is 5.95. The third-order valence-electron chi connectivity index (χ3n) is 2.51. The van der Waals surface area contributed by atoms with Crippen LogP contribution >= 0.6 is 0 Å². The summed E-state index contributed by atoms with van der Waals surface area (Å²) in [6, 6.07) is 3.32. The van der Waals surface area contributed by atoms with E-state index in [2.05, 4.69) is 20.6 Å². The van der Waals surface area contributed by atoms with Crippen molar-refractivity contribution in [1.82, 2.24) is 15.6 Å². The Morgan fingerprint density at radius 1 is 1.53 bits per heavy atom. The number of pyridine rings is 1. The van der Waals surface area contributed by atoms with Gasteiger partial charge in [0.25, 0.3) is 0 Å². The zero-order valence-electron chi connectivity index (χ0n) is 11.4. The summed E-state index contributed by atoms with van der Waals surface area (Å²) in [5.41, 5.74) is 7.27. The number of rotatable bonds is 5. The van der Waals surface area contributed by atoms with Crippen LogP contribution in [0.4, 0.5) is 4.79 Å². The van der Waals surface area contributed by atoms with Gasteiger partial charge in [0.1, 0.15) is 0 Å². The first kappa shape index (κ1) is 14.9. The summed E-state index contributed by atoms with van der Waals surface area (Å²) in [6.07, 6.45) is 3.44. The molecule has 19 heavy (non-hydrogen) atoms. The molecule has 0 aliphatic heterocycles. The highest BCUT2D eigenvalue weighted by Crippen LogP contribution is 2.02. The number of urea groups is 1. The largest absolute Gasteiger partial charge is 0.356 e. The van der Waals surface area contributed by atoms with E-state index in [1.165, 1.54) is 0 Å². The SMILES string of the molecule is CCCN=C(NCCc1ncccc1C)NC(N)=O. The molecular formula is C13H21N5O. The topological polar surface area (TPSA) is 92.4 Å². The van der Waals surface area contributed by atoms with Crippen LogP contribution in [0.25, 0.3) is 0 Å². The third kappa shape index (κ3) is 5.85. The van der Waals surface area contributed by atoms with Crippen molar-refractivity contribution < 1.29 is 4.79 Å². The van der Waals surface area contributed by atoms with Crippen molar-refractivity contribution in [1.29, 1.82) is 0 Å². The molecule has 1 rings (SSSR count). The van der Waals surface area contributed by atoms with Crippen LogP contribution in [0.5, 0.6) is 0 Å². The van der Waals surface area contributed by atoms with Gasteiger partial charge in [0.05, 0.1) is 0 Å². The maximum absolute atomic E-state index is 10.8. The minimum atomic E-state index is -0.614. The van der Waals surface area contributed by atoms with Gasteiger partial charge in [-0.15, -0.1) is 0 Å². The highest BCUT2D eigenvalue weighted by Gasteiger charge is 2.03. The van der Waals surface area contributed by atoms with Crippen molar-refractivity contribution in [3.05, 3.63) is 29.6 Å². The van der Waals surface area contributed by atoms with Gasteiger partial charge in [-0.05, 0) is 25.0 Å². The molecule has 1 aromatic heterocycles. The molecule has 1 aromatic rings. The summed E-state index contributed by atoms with van der Waals surface area (Å²) in [5, 5.41) is 5.53. The van der Waals surface area contributed by atoms with Gasteiger partial charge < -0.3 is 11.1 Å². The molecule has 0 aliphatic rings. The number of aliphatic imine (C=N–C) groups is 1. The molecule has 0 aliphatic carbocycles. The number of aromatic nitrogens is 1. The Balaban J connectivity index is 2.48. The van der Waals surface area contributed by atoms with Crippen LogP contribution in [0.15, 0.2) is 23.3 Å². The maximum Gasteiger partial charge on any atom is 0.318 e. The molecule has 0 fully saturated rings. The first-order valence-electron chi connectivity index (χ1n) is 6.38. The molecule has 0 aromatic carbocycles. The zero-order chi connectivity index (χ0) is 14.1. The lowest BCUT2D eigenvalue weighted by Crippen LogP contribution is -2.44. The standard InChI is InChI=1S/C13H21N5O/c1-3-7-16-13(18-12(14)19)17-9-6-11-10(2)5-4-8-15-11/h4-5,8H,3,6-7,9H2,1-2H3,(H4,14,16,17,18,19). The van der Waals surface area contributed by atoms with Crippen LogP contribution in [-0.4, -0.2) is 30.1 Å². The lowest BCUT2D eigenvalue weighted by atomic mass is 10.2. The van der Waals surface area contributed by atoms with Crippen molar-refractivity contribution in [2.24, 2.45) is 10.7 Å². The van der Waals surface area contributed by atoms with Crippen molar-refractivity contribution in [3.8, 4) is 0 Å². The number of nitrogens with two attached hydrogens (primary N) is 1. The molecule has 2 amide bonds. The van der Waals surface area contributed by atoms with Crippen molar-refractivity contribution in [2.75, 3.05) is 13.1 Å². The molecule has 0 bridgehead atoms. The molecule has 6 nitrogen and oxygen atoms in total. The molecule has 0 radical (unpaired) electrons. The molecule has 104 valence electrons. The Kier molecular flexibility index (Phi) is 6.35. The average molecular weight is 263 g/mol. The number of primary amides is 1. The monoisotopic (exact) mass is 263 g/mol. The Bertz CT molecular complexity index is 444. The smallest absolute Gasteiger partial charge is 0.318 e. The number of guanidine groups is 1. The van der Waals surface area contributed by atoms with E-state index < -0.39 is 6.03 Å². The lowest BCUT2D eigenvalue weighted by molar-refractivity contribution is 0.253. The number of hydrogen-bond donors (Lipinski definition) is 3. The van der Waals surface area contributed by atoms with Crippen LogP contribution in [0, 0.1) is 6.92 Å². The fourth-order valence-electron chi connectivity index (χ4n) is 1.56. The predicted molar refractivity (Wildman–Crippen MR) is 76.0 cm³/mol. The number of nitrogens with one attached hydrogen (secondary N) is 2. The predicted octanol–water partition coefficient (Wildman–Crippen LogP) is 0.956. The Hall–Kier alpha value is -2.11. The van der Waals surface area contributed by atoms with E-state index >= 15 is 0 Å². The molecule has 6 heteroatoms. The Morgan fingerprint density at radius 2 is 2.32 bits per heavy atom. The zero-order valence-corrected chi connectivity index (χ0v) is 11.4. The van der Waals surface area contributed by atoms with Gasteiger partial charge in [0.2, 0.25) is 0 Å². The van der Waals surface area contributed by atoms with Gasteiger partial charge in [0, 0.05) is 31.4 Å². The lowest BCUT2D eigenvalue weighted by Gasteiger charge is -2.10. The van der Waals surface area contributed by atoms with Crippen molar-refractivity contribution in [3.63, 3.8) is 0 Å². The van der Waals surface area contributed by atoms with Crippen molar-refractivity contribution >= 4 is 12.0 Å². The average Bonchev–Trinajstić information content (AvgIpc) is 2.37. The third-order valence-corrected chi connectivity index (χ3v) is 2.51. The molecule has 0 saturated carbocycles. The van der Waals surface area contributed by atoms with Crippen LogP contribution in [-0.2, 0) is 6.42 Å². The number of carbonyl (C=O) groups excluding carboxylic acids is 1. The molecular weight excluding hydrogens is 242 g/mol. The Morgan fingerprint density at radius 3 is 2.95 bits per heavy atom. The first-order chi connectivity index (χ1) is 9.13. The fourth-order valence-corrected chi connectivity index (χ4v) is 1.56. The number of nitrogens with zero attached hydrogens (tertiary/aromatic N) is 2. The first-order valence-corrected chi connectivity index (χ1v) is 6.38. The van der Waals surface area contributed by atoms with E-state index in [9.17, 15) is 4.79 Å². The summed E-state index contributed by atoms with van der Waals surface area (Å²) in [5.74, 6) is 0.419. The second-order valence-corrected chi connectivity index (χ2v) is 4.16. The highest BCUT2D eigenvalue weighted by atomic mass is 16.2. The summed E-state index contributed by atoms with van der Waals surface area (Å²) in [7, 11) is 0.